The van der Waals surface area contributed by atoms with Gasteiger partial charge in [-0.2, -0.15) is 0 Å². The molecule has 0 aromatic heterocycles. The van der Waals surface area contributed by atoms with Gasteiger partial charge in [0.15, 0.2) is 23.0 Å². The Morgan fingerprint density at radius 2 is 1.67 bits per heavy atom. The molecule has 3 rings (SSSR count). The van der Waals surface area contributed by atoms with E-state index in [4.69, 9.17) is 14.2 Å². The van der Waals surface area contributed by atoms with E-state index in [2.05, 4.69) is 16.6 Å². The maximum Gasteiger partial charge on any atom is 0.330 e. The number of benzene rings is 3. The summed E-state index contributed by atoms with van der Waals surface area (Å²) < 4.78 is 21.2. The van der Waals surface area contributed by atoms with E-state index < -0.39 is 5.97 Å². The normalized spacial score (nSPS) is 10.3. The summed E-state index contributed by atoms with van der Waals surface area (Å²) in [6, 6.07) is 18.5. The van der Waals surface area contributed by atoms with Gasteiger partial charge < -0.3 is 24.1 Å². The third-order valence-corrected chi connectivity index (χ3v) is 4.67. The summed E-state index contributed by atoms with van der Waals surface area (Å²) in [7, 11) is 4.31. The van der Waals surface area contributed by atoms with Crippen molar-refractivity contribution >= 4 is 12.0 Å². The molecule has 0 saturated heterocycles. The highest BCUT2D eigenvalue weighted by molar-refractivity contribution is 5.87. The molecule has 3 aromatic rings. The van der Waals surface area contributed by atoms with Crippen LogP contribution >= 0.6 is 0 Å². The number of phenols is 1. The van der Waals surface area contributed by atoms with E-state index in [1.54, 1.807) is 37.5 Å². The average molecular weight is 444 g/mol. The molecule has 168 valence electrons. The second kappa shape index (κ2) is 11.3. The van der Waals surface area contributed by atoms with E-state index in [9.17, 15) is 9.90 Å². The Hall–Kier alpha value is -4.37. The van der Waals surface area contributed by atoms with Gasteiger partial charge in [-0.3, -0.25) is 0 Å². The number of aromatic hydroxyl groups is 1. The van der Waals surface area contributed by atoms with E-state index in [-0.39, 0.29) is 11.5 Å². The lowest BCUT2D eigenvalue weighted by molar-refractivity contribution is -0.134. The number of carbonyl (C=O) groups is 1. The van der Waals surface area contributed by atoms with Crippen LogP contribution in [-0.4, -0.2) is 32.4 Å². The number of carbonyl (C=O) groups excluding carboxylic acids is 1. The Morgan fingerprint density at radius 3 is 2.36 bits per heavy atom. The first-order valence-electron chi connectivity index (χ1n) is 10.1. The molecule has 0 heterocycles. The van der Waals surface area contributed by atoms with Crippen molar-refractivity contribution in [3.8, 4) is 34.8 Å². The highest BCUT2D eigenvalue weighted by Crippen LogP contribution is 2.32. The zero-order valence-electron chi connectivity index (χ0n) is 18.6. The molecular weight excluding hydrogens is 420 g/mol. The Balaban J connectivity index is 1.85. The van der Waals surface area contributed by atoms with E-state index in [0.29, 0.717) is 34.8 Å². The lowest BCUT2D eigenvalue weighted by Crippen LogP contribution is -1.97. The van der Waals surface area contributed by atoms with Crippen molar-refractivity contribution in [1.82, 2.24) is 0 Å². The van der Waals surface area contributed by atoms with E-state index in [1.165, 1.54) is 20.3 Å². The van der Waals surface area contributed by atoms with Crippen LogP contribution in [0.25, 0.3) is 6.08 Å². The molecule has 3 aromatic carbocycles. The molecule has 0 radical (unpaired) electrons. The second-order valence-corrected chi connectivity index (χ2v) is 6.87. The van der Waals surface area contributed by atoms with Gasteiger partial charge in [-0.05, 0) is 47.5 Å². The molecule has 0 atom stereocenters. The highest BCUT2D eigenvalue weighted by Gasteiger charge is 2.09. The smallest absolute Gasteiger partial charge is 0.330 e. The molecule has 6 nitrogen and oxygen atoms in total. The summed E-state index contributed by atoms with van der Waals surface area (Å²) in [5.41, 5.74) is 2.70. The molecule has 0 bridgehead atoms. The fourth-order valence-corrected chi connectivity index (χ4v) is 2.95. The van der Waals surface area contributed by atoms with Crippen LogP contribution in [0.3, 0.4) is 0 Å². The summed E-state index contributed by atoms with van der Waals surface area (Å²) in [6.45, 7) is 0.418. The first-order chi connectivity index (χ1) is 16.0. The van der Waals surface area contributed by atoms with Gasteiger partial charge in [0.1, 0.15) is 6.61 Å². The summed E-state index contributed by atoms with van der Waals surface area (Å²) >= 11 is 0. The van der Waals surface area contributed by atoms with Crippen LogP contribution in [0.2, 0.25) is 0 Å². The maximum atomic E-state index is 11.4. The monoisotopic (exact) mass is 444 g/mol. The number of methoxy groups -OCH3 is 3. The van der Waals surface area contributed by atoms with Crippen LogP contribution in [0, 0.1) is 11.8 Å². The van der Waals surface area contributed by atoms with Crippen molar-refractivity contribution in [1.29, 1.82) is 0 Å². The van der Waals surface area contributed by atoms with Gasteiger partial charge in [-0.1, -0.05) is 42.2 Å². The Morgan fingerprint density at radius 1 is 0.909 bits per heavy atom. The third-order valence-electron chi connectivity index (χ3n) is 4.67. The largest absolute Gasteiger partial charge is 0.503 e. The molecule has 0 amide bonds. The van der Waals surface area contributed by atoms with E-state index >= 15 is 0 Å². The van der Waals surface area contributed by atoms with Crippen molar-refractivity contribution in [3.63, 3.8) is 0 Å². The molecule has 0 aliphatic rings. The Kier molecular flexibility index (Phi) is 7.98. The summed E-state index contributed by atoms with van der Waals surface area (Å²) in [5.74, 6) is 6.78. The maximum absolute atomic E-state index is 11.4. The van der Waals surface area contributed by atoms with Crippen LogP contribution in [0.5, 0.6) is 23.0 Å². The van der Waals surface area contributed by atoms with Crippen molar-refractivity contribution < 1.29 is 28.8 Å². The van der Waals surface area contributed by atoms with Crippen LogP contribution in [-0.2, 0) is 16.1 Å². The van der Waals surface area contributed by atoms with Crippen LogP contribution < -0.4 is 14.2 Å². The van der Waals surface area contributed by atoms with E-state index in [0.717, 1.165) is 5.56 Å². The number of rotatable bonds is 7. The molecule has 0 unspecified atom stereocenters. The first kappa shape index (κ1) is 23.3. The van der Waals surface area contributed by atoms with Gasteiger partial charge in [0.2, 0.25) is 0 Å². The summed E-state index contributed by atoms with van der Waals surface area (Å²) in [4.78, 5) is 11.4. The average Bonchev–Trinajstić information content (AvgIpc) is 2.86. The second-order valence-electron chi connectivity index (χ2n) is 6.87. The predicted molar refractivity (Wildman–Crippen MR) is 125 cm³/mol. The lowest BCUT2D eigenvalue weighted by Gasteiger charge is -2.11. The standard InChI is InChI=1S/C27H24O6/c1-30-24-16-19(10-13-23(24)33-18-20-7-5-4-6-8-20)9-12-22-15-21(11-14-26(28)32-3)17-25(31-2)27(22)29/h4-8,10-11,13-17,29H,18H2,1-3H3. The predicted octanol–water partition coefficient (Wildman–Crippen LogP) is 4.57. The SMILES string of the molecule is COC(=O)C=Cc1cc(C#Cc2ccc(OCc3ccccc3)c(OC)c2)c(O)c(OC)c1. The van der Waals surface area contributed by atoms with Crippen LogP contribution in [0.1, 0.15) is 22.3 Å². The topological polar surface area (TPSA) is 74.2 Å². The number of hydrogen-bond acceptors (Lipinski definition) is 6. The zero-order chi connectivity index (χ0) is 23.6. The highest BCUT2D eigenvalue weighted by atomic mass is 16.5. The molecule has 0 saturated carbocycles. The minimum absolute atomic E-state index is 0.0880. The lowest BCUT2D eigenvalue weighted by atomic mass is 10.1. The fourth-order valence-electron chi connectivity index (χ4n) is 2.95. The van der Waals surface area contributed by atoms with Gasteiger partial charge in [0.25, 0.3) is 0 Å². The van der Waals surface area contributed by atoms with Crippen LogP contribution in [0.15, 0.2) is 66.7 Å². The third kappa shape index (κ3) is 6.31. The first-order valence-corrected chi connectivity index (χ1v) is 10.1. The Labute approximate surface area is 193 Å². The van der Waals surface area contributed by atoms with Crippen molar-refractivity contribution in [2.75, 3.05) is 21.3 Å². The van der Waals surface area contributed by atoms with Crippen molar-refractivity contribution in [2.45, 2.75) is 6.61 Å². The molecule has 6 heteroatoms. The number of ether oxygens (including phenoxy) is 4. The fraction of sp³-hybridized carbons (Fsp3) is 0.148. The van der Waals surface area contributed by atoms with Gasteiger partial charge in [-0.25, -0.2) is 4.79 Å². The molecule has 0 fully saturated rings. The number of phenolic OH excluding ortho intramolecular Hbond substituents is 1. The molecule has 0 spiro atoms. The molecule has 1 N–H and O–H groups in total. The number of hydrogen-bond donors (Lipinski definition) is 1. The summed E-state index contributed by atoms with van der Waals surface area (Å²) in [5, 5.41) is 10.5. The van der Waals surface area contributed by atoms with Crippen molar-refractivity contribution in [2.24, 2.45) is 0 Å². The van der Waals surface area contributed by atoms with Gasteiger partial charge in [-0.15, -0.1) is 0 Å². The molecule has 0 aliphatic heterocycles. The molecular formula is C27H24O6. The number of esters is 1. The minimum atomic E-state index is -0.489. The Bertz CT molecular complexity index is 1200. The minimum Gasteiger partial charge on any atom is -0.503 e. The van der Waals surface area contributed by atoms with Gasteiger partial charge in [0, 0.05) is 11.6 Å². The molecule has 0 aliphatic carbocycles. The molecule has 33 heavy (non-hydrogen) atoms. The van der Waals surface area contributed by atoms with Gasteiger partial charge >= 0.3 is 5.97 Å². The van der Waals surface area contributed by atoms with Gasteiger partial charge in [0.05, 0.1) is 26.9 Å². The van der Waals surface area contributed by atoms with E-state index in [1.807, 2.05) is 36.4 Å². The zero-order valence-corrected chi connectivity index (χ0v) is 18.6. The van der Waals surface area contributed by atoms with Crippen molar-refractivity contribution in [3.05, 3.63) is 89.0 Å². The van der Waals surface area contributed by atoms with Crippen LogP contribution in [0.4, 0.5) is 0 Å². The summed E-state index contributed by atoms with van der Waals surface area (Å²) in [6.07, 6.45) is 2.84. The quantitative estimate of drug-likeness (QED) is 0.327.